The maximum Gasteiger partial charge on any atom is 0.347 e. The SMILES string of the molecule is Cc1cc(Cl)c(C(C)C)cc1OC(C)C(=O)OC(C)(C)C. The molecule has 0 aliphatic carbocycles. The number of hydrogen-bond acceptors (Lipinski definition) is 3. The van der Waals surface area contributed by atoms with Crippen LogP contribution in [-0.4, -0.2) is 17.7 Å². The Morgan fingerprint density at radius 3 is 2.24 bits per heavy atom. The van der Waals surface area contributed by atoms with Crippen molar-refractivity contribution >= 4 is 17.6 Å². The van der Waals surface area contributed by atoms with Crippen molar-refractivity contribution in [1.82, 2.24) is 0 Å². The van der Waals surface area contributed by atoms with Gasteiger partial charge in [-0.1, -0.05) is 25.4 Å². The summed E-state index contributed by atoms with van der Waals surface area (Å²) in [6, 6.07) is 3.78. The first kappa shape index (κ1) is 17.8. The van der Waals surface area contributed by atoms with Gasteiger partial charge in [0.2, 0.25) is 0 Å². The molecule has 0 fully saturated rings. The second-order valence-corrected chi connectivity index (χ2v) is 6.99. The van der Waals surface area contributed by atoms with Crippen LogP contribution in [0.5, 0.6) is 5.75 Å². The van der Waals surface area contributed by atoms with Crippen molar-refractivity contribution in [2.24, 2.45) is 0 Å². The zero-order valence-corrected chi connectivity index (χ0v) is 14.7. The Bertz CT molecular complexity index is 516. The molecule has 1 atom stereocenters. The third kappa shape index (κ3) is 5.24. The summed E-state index contributed by atoms with van der Waals surface area (Å²) >= 11 is 6.24. The molecule has 0 saturated heterocycles. The van der Waals surface area contributed by atoms with Crippen LogP contribution >= 0.6 is 11.6 Å². The smallest absolute Gasteiger partial charge is 0.347 e. The Morgan fingerprint density at radius 1 is 1.19 bits per heavy atom. The Hall–Kier alpha value is -1.22. The summed E-state index contributed by atoms with van der Waals surface area (Å²) in [5.74, 6) is 0.585. The van der Waals surface area contributed by atoms with Crippen LogP contribution in [-0.2, 0) is 9.53 Å². The van der Waals surface area contributed by atoms with Crippen LogP contribution in [0.4, 0.5) is 0 Å². The Balaban J connectivity index is 2.92. The molecular formula is C17H25ClO3. The van der Waals surface area contributed by atoms with E-state index >= 15 is 0 Å². The van der Waals surface area contributed by atoms with Crippen molar-refractivity contribution in [2.75, 3.05) is 0 Å². The van der Waals surface area contributed by atoms with Gasteiger partial charge in [0, 0.05) is 5.02 Å². The van der Waals surface area contributed by atoms with Crippen LogP contribution in [0.3, 0.4) is 0 Å². The van der Waals surface area contributed by atoms with Gasteiger partial charge in [0.05, 0.1) is 0 Å². The Labute approximate surface area is 132 Å². The summed E-state index contributed by atoms with van der Waals surface area (Å²) < 4.78 is 11.1. The van der Waals surface area contributed by atoms with Crippen LogP contribution in [0.25, 0.3) is 0 Å². The molecule has 0 N–H and O–H groups in total. The van der Waals surface area contributed by atoms with E-state index in [1.807, 2.05) is 39.8 Å². The summed E-state index contributed by atoms with van der Waals surface area (Å²) in [6.07, 6.45) is -0.663. The monoisotopic (exact) mass is 312 g/mol. The number of halogens is 1. The lowest BCUT2D eigenvalue weighted by Crippen LogP contribution is -2.33. The first-order valence-corrected chi connectivity index (χ1v) is 7.58. The van der Waals surface area contributed by atoms with Crippen molar-refractivity contribution < 1.29 is 14.3 Å². The molecule has 0 spiro atoms. The highest BCUT2D eigenvalue weighted by Crippen LogP contribution is 2.32. The quantitative estimate of drug-likeness (QED) is 0.743. The highest BCUT2D eigenvalue weighted by atomic mass is 35.5. The van der Waals surface area contributed by atoms with Gasteiger partial charge >= 0.3 is 5.97 Å². The van der Waals surface area contributed by atoms with Crippen LogP contribution in [0.1, 0.15) is 58.6 Å². The van der Waals surface area contributed by atoms with Crippen LogP contribution < -0.4 is 4.74 Å². The Morgan fingerprint density at radius 2 is 1.76 bits per heavy atom. The molecule has 1 aromatic rings. The number of carbonyl (C=O) groups excluding carboxylic acids is 1. The second kappa shape index (κ2) is 6.69. The summed E-state index contributed by atoms with van der Waals surface area (Å²) in [5.41, 5.74) is 1.39. The van der Waals surface area contributed by atoms with Crippen molar-refractivity contribution in [3.05, 3.63) is 28.3 Å². The van der Waals surface area contributed by atoms with E-state index in [0.717, 1.165) is 16.1 Å². The molecule has 0 amide bonds. The van der Waals surface area contributed by atoms with E-state index in [1.54, 1.807) is 6.92 Å². The number of ether oxygens (including phenoxy) is 2. The summed E-state index contributed by atoms with van der Waals surface area (Å²) in [7, 11) is 0. The molecule has 0 bridgehead atoms. The molecule has 0 aliphatic rings. The van der Waals surface area contributed by atoms with Crippen LogP contribution in [0, 0.1) is 6.92 Å². The van der Waals surface area contributed by atoms with Crippen molar-refractivity contribution in [1.29, 1.82) is 0 Å². The lowest BCUT2D eigenvalue weighted by molar-refractivity contribution is -0.162. The normalized spacial score (nSPS) is 13.2. The first-order valence-electron chi connectivity index (χ1n) is 7.21. The van der Waals surface area contributed by atoms with E-state index in [-0.39, 0.29) is 11.9 Å². The number of benzene rings is 1. The molecule has 1 aromatic carbocycles. The Kier molecular flexibility index (Phi) is 5.68. The van der Waals surface area contributed by atoms with Gasteiger partial charge < -0.3 is 9.47 Å². The highest BCUT2D eigenvalue weighted by molar-refractivity contribution is 6.31. The molecule has 0 aliphatic heterocycles. The number of carbonyl (C=O) groups is 1. The summed E-state index contributed by atoms with van der Waals surface area (Å²) in [4.78, 5) is 12.0. The van der Waals surface area contributed by atoms with Gasteiger partial charge in [0.1, 0.15) is 11.4 Å². The largest absolute Gasteiger partial charge is 0.479 e. The zero-order chi connectivity index (χ0) is 16.4. The molecule has 0 saturated carbocycles. The molecule has 1 unspecified atom stereocenters. The minimum atomic E-state index is -0.663. The second-order valence-electron chi connectivity index (χ2n) is 6.59. The highest BCUT2D eigenvalue weighted by Gasteiger charge is 2.24. The predicted molar refractivity (Wildman–Crippen MR) is 86.2 cm³/mol. The van der Waals surface area contributed by atoms with Crippen LogP contribution in [0.2, 0.25) is 5.02 Å². The number of rotatable bonds is 4. The molecule has 1 rings (SSSR count). The molecule has 4 heteroatoms. The average molecular weight is 313 g/mol. The molecule has 0 radical (unpaired) electrons. The van der Waals surface area contributed by atoms with Gasteiger partial charge in [0.15, 0.2) is 6.10 Å². The number of aryl methyl sites for hydroxylation is 1. The maximum absolute atomic E-state index is 12.0. The first-order chi connectivity index (χ1) is 9.51. The average Bonchev–Trinajstić information content (AvgIpc) is 2.29. The zero-order valence-electron chi connectivity index (χ0n) is 13.9. The van der Waals surface area contributed by atoms with Crippen LogP contribution in [0.15, 0.2) is 12.1 Å². The van der Waals surface area contributed by atoms with E-state index < -0.39 is 11.7 Å². The van der Waals surface area contributed by atoms with Gasteiger partial charge in [-0.25, -0.2) is 4.79 Å². The fourth-order valence-electron chi connectivity index (χ4n) is 1.86. The molecular weight excluding hydrogens is 288 g/mol. The van der Waals surface area contributed by atoms with Gasteiger partial charge in [-0.2, -0.15) is 0 Å². The molecule has 21 heavy (non-hydrogen) atoms. The third-order valence-corrected chi connectivity index (χ3v) is 3.29. The van der Waals surface area contributed by atoms with E-state index in [4.69, 9.17) is 21.1 Å². The summed E-state index contributed by atoms with van der Waals surface area (Å²) in [5, 5.41) is 0.722. The van der Waals surface area contributed by atoms with Gasteiger partial charge in [-0.05, 0) is 63.8 Å². The fourth-order valence-corrected chi connectivity index (χ4v) is 2.30. The molecule has 0 heterocycles. The topological polar surface area (TPSA) is 35.5 Å². The molecule has 118 valence electrons. The van der Waals surface area contributed by atoms with Crippen molar-refractivity contribution in [2.45, 2.75) is 66.1 Å². The van der Waals surface area contributed by atoms with E-state index in [9.17, 15) is 4.79 Å². The van der Waals surface area contributed by atoms with Crippen molar-refractivity contribution in [3.8, 4) is 5.75 Å². The maximum atomic E-state index is 12.0. The lowest BCUT2D eigenvalue weighted by atomic mass is 10.0. The van der Waals surface area contributed by atoms with E-state index in [2.05, 4.69) is 13.8 Å². The molecule has 3 nitrogen and oxygen atoms in total. The standard InChI is InChI=1S/C17H25ClO3/c1-10(2)13-9-15(11(3)8-14(13)18)20-12(4)16(19)21-17(5,6)7/h8-10,12H,1-7H3. The minimum absolute atomic E-state index is 0.289. The summed E-state index contributed by atoms with van der Waals surface area (Å²) in [6.45, 7) is 13.2. The number of hydrogen-bond donors (Lipinski definition) is 0. The predicted octanol–water partition coefficient (Wildman–Crippen LogP) is 4.88. The van der Waals surface area contributed by atoms with Gasteiger partial charge in [0.25, 0.3) is 0 Å². The molecule has 0 aromatic heterocycles. The van der Waals surface area contributed by atoms with E-state index in [1.165, 1.54) is 0 Å². The van der Waals surface area contributed by atoms with Gasteiger partial charge in [-0.3, -0.25) is 0 Å². The van der Waals surface area contributed by atoms with E-state index in [0.29, 0.717) is 5.75 Å². The van der Waals surface area contributed by atoms with Crippen molar-refractivity contribution in [3.63, 3.8) is 0 Å². The fraction of sp³-hybridized carbons (Fsp3) is 0.588. The lowest BCUT2D eigenvalue weighted by Gasteiger charge is -2.23. The third-order valence-electron chi connectivity index (χ3n) is 2.96. The minimum Gasteiger partial charge on any atom is -0.479 e. The van der Waals surface area contributed by atoms with Gasteiger partial charge in [-0.15, -0.1) is 0 Å². The number of esters is 1.